The quantitative estimate of drug-likeness (QED) is 0.349. The van der Waals surface area contributed by atoms with Crippen LogP contribution in [0.5, 0.6) is 0 Å². The van der Waals surface area contributed by atoms with Gasteiger partial charge in [-0.3, -0.25) is 4.79 Å². The fraction of sp³-hybridized carbons (Fsp3) is 0.0455. The second-order valence-corrected chi connectivity index (χ2v) is 7.25. The second-order valence-electron chi connectivity index (χ2n) is 6.29. The van der Waals surface area contributed by atoms with Gasteiger partial charge in [-0.2, -0.15) is 4.98 Å². The second kappa shape index (κ2) is 7.55. The Hall–Kier alpha value is -3.00. The lowest BCUT2D eigenvalue weighted by molar-refractivity contribution is 0.0981. The number of hydrogen-bond acceptors (Lipinski definition) is 3. The number of carbonyl (C=O) groups is 1. The van der Waals surface area contributed by atoms with Crippen molar-refractivity contribution in [1.29, 1.82) is 0 Å². The summed E-state index contributed by atoms with van der Waals surface area (Å²) >= 11 is 2.01. The van der Waals surface area contributed by atoms with Gasteiger partial charge in [-0.15, -0.1) is 5.10 Å². The highest BCUT2D eigenvalue weighted by Gasteiger charge is 2.42. The monoisotopic (exact) mass is 480 g/mol. The van der Waals surface area contributed by atoms with Crippen molar-refractivity contribution in [3.8, 4) is 0 Å². The molecule has 4 aromatic rings. The van der Waals surface area contributed by atoms with E-state index in [4.69, 9.17) is 5.73 Å². The van der Waals surface area contributed by atoms with Crippen molar-refractivity contribution >= 4 is 28.5 Å². The lowest BCUT2D eigenvalue weighted by atomic mass is 9.77. The molecule has 0 radical (unpaired) electrons. The van der Waals surface area contributed by atoms with E-state index in [-0.39, 0.29) is 5.82 Å². The molecule has 0 aliphatic carbocycles. The van der Waals surface area contributed by atoms with Gasteiger partial charge in [-0.25, -0.2) is 4.68 Å². The van der Waals surface area contributed by atoms with Gasteiger partial charge in [0, 0.05) is 22.6 Å². The van der Waals surface area contributed by atoms with Crippen molar-refractivity contribution in [2.24, 2.45) is 5.73 Å². The van der Waals surface area contributed by atoms with E-state index in [0.717, 1.165) is 16.7 Å². The molecule has 4 rings (SSSR count). The summed E-state index contributed by atoms with van der Waals surface area (Å²) in [5.74, 6) is -0.511. The maximum atomic E-state index is 12.3. The van der Waals surface area contributed by atoms with Crippen LogP contribution in [0.25, 0.3) is 0 Å². The van der Waals surface area contributed by atoms with Crippen molar-refractivity contribution in [3.63, 3.8) is 0 Å². The predicted molar refractivity (Wildman–Crippen MR) is 116 cm³/mol. The molecule has 5 nitrogen and oxygen atoms in total. The summed E-state index contributed by atoms with van der Waals surface area (Å²) < 4.78 is 2.11. The Labute approximate surface area is 176 Å². The molecule has 1 aromatic heterocycles. The van der Waals surface area contributed by atoms with Crippen LogP contribution >= 0.6 is 22.6 Å². The van der Waals surface area contributed by atoms with E-state index in [1.165, 1.54) is 0 Å². The fourth-order valence-electron chi connectivity index (χ4n) is 3.59. The van der Waals surface area contributed by atoms with E-state index in [9.17, 15) is 4.79 Å². The number of halogens is 1. The van der Waals surface area contributed by atoms with Gasteiger partial charge in [0.15, 0.2) is 0 Å². The number of primary amides is 1. The Morgan fingerprint density at radius 3 is 1.54 bits per heavy atom. The molecule has 28 heavy (non-hydrogen) atoms. The van der Waals surface area contributed by atoms with Crippen LogP contribution in [-0.4, -0.2) is 20.7 Å². The van der Waals surface area contributed by atoms with Crippen molar-refractivity contribution < 1.29 is 4.79 Å². The first kappa shape index (κ1) is 18.4. The Morgan fingerprint density at radius 2 is 1.18 bits per heavy atom. The standard InChI is InChI=1S/C22H17IN4O/c23-21-25-20(19(24)28)27(26-21)22(16-10-4-1-5-11-16,17-12-6-2-7-13-17)18-14-8-3-9-15-18/h1-15H,(H2,24,28). The zero-order valence-electron chi connectivity index (χ0n) is 14.9. The van der Waals surface area contributed by atoms with Gasteiger partial charge in [0.25, 0.3) is 5.91 Å². The minimum atomic E-state index is -0.898. The molecule has 0 unspecified atom stereocenters. The van der Waals surface area contributed by atoms with E-state index < -0.39 is 11.4 Å². The Bertz CT molecular complexity index is 999. The summed E-state index contributed by atoms with van der Waals surface area (Å²) in [6.45, 7) is 0. The molecule has 1 heterocycles. The van der Waals surface area contributed by atoms with Crippen LogP contribution in [0.1, 0.15) is 27.3 Å². The van der Waals surface area contributed by atoms with Crippen LogP contribution in [0.15, 0.2) is 91.0 Å². The first-order valence-corrected chi connectivity index (χ1v) is 9.81. The summed E-state index contributed by atoms with van der Waals surface area (Å²) in [7, 11) is 0. The Morgan fingerprint density at radius 1 is 0.786 bits per heavy atom. The lowest BCUT2D eigenvalue weighted by Crippen LogP contribution is -2.41. The number of nitrogens with zero attached hydrogens (tertiary/aromatic N) is 3. The first-order chi connectivity index (χ1) is 13.6. The molecular weight excluding hydrogens is 463 g/mol. The zero-order valence-corrected chi connectivity index (χ0v) is 17.0. The van der Waals surface area contributed by atoms with Gasteiger partial charge >= 0.3 is 0 Å². The number of aromatic nitrogens is 3. The van der Waals surface area contributed by atoms with Gasteiger partial charge in [-0.1, -0.05) is 91.0 Å². The number of hydrogen-bond donors (Lipinski definition) is 1. The summed E-state index contributed by atoms with van der Waals surface area (Å²) in [4.78, 5) is 16.6. The van der Waals surface area contributed by atoms with Gasteiger partial charge < -0.3 is 5.73 Å². The molecule has 3 aromatic carbocycles. The third-order valence-electron chi connectivity index (χ3n) is 4.69. The Balaban J connectivity index is 2.19. The van der Waals surface area contributed by atoms with Crippen molar-refractivity contribution in [3.05, 3.63) is 117 Å². The molecule has 0 aliphatic rings. The molecule has 0 saturated carbocycles. The van der Waals surface area contributed by atoms with Gasteiger partial charge in [0.1, 0.15) is 5.54 Å². The van der Waals surface area contributed by atoms with Gasteiger partial charge in [0.2, 0.25) is 9.66 Å². The van der Waals surface area contributed by atoms with Crippen molar-refractivity contribution in [2.45, 2.75) is 5.54 Å². The van der Waals surface area contributed by atoms with Crippen LogP contribution in [0.2, 0.25) is 0 Å². The SMILES string of the molecule is NC(=O)c1nc(I)nn1C(c1ccccc1)(c1ccccc1)c1ccccc1. The molecule has 1 amide bonds. The Kier molecular flexibility index (Phi) is 4.95. The maximum Gasteiger partial charge on any atom is 0.286 e. The van der Waals surface area contributed by atoms with E-state index in [1.807, 2.05) is 114 Å². The molecule has 0 fully saturated rings. The molecule has 0 bridgehead atoms. The normalized spacial score (nSPS) is 11.3. The lowest BCUT2D eigenvalue weighted by Gasteiger charge is -2.36. The third-order valence-corrected chi connectivity index (χ3v) is 5.15. The van der Waals surface area contributed by atoms with Crippen LogP contribution < -0.4 is 5.73 Å². The number of benzene rings is 3. The molecule has 0 spiro atoms. The number of rotatable bonds is 5. The largest absolute Gasteiger partial charge is 0.363 e. The van der Waals surface area contributed by atoms with E-state index >= 15 is 0 Å². The maximum absolute atomic E-state index is 12.3. The fourth-order valence-corrected chi connectivity index (χ4v) is 4.03. The summed E-state index contributed by atoms with van der Waals surface area (Å²) in [5, 5.41) is 4.62. The predicted octanol–water partition coefficient (Wildman–Crippen LogP) is 3.82. The highest BCUT2D eigenvalue weighted by atomic mass is 127. The summed E-state index contributed by atoms with van der Waals surface area (Å²) in [6.07, 6.45) is 0. The van der Waals surface area contributed by atoms with E-state index in [2.05, 4.69) is 10.1 Å². The number of nitrogens with two attached hydrogens (primary N) is 1. The molecular formula is C22H17IN4O. The smallest absolute Gasteiger partial charge is 0.286 e. The average molecular weight is 480 g/mol. The van der Waals surface area contributed by atoms with Crippen molar-refractivity contribution in [2.75, 3.05) is 0 Å². The van der Waals surface area contributed by atoms with Gasteiger partial charge in [0.05, 0.1) is 0 Å². The minimum absolute atomic E-state index is 0.112. The van der Waals surface area contributed by atoms with E-state index in [1.54, 1.807) is 4.68 Å². The van der Waals surface area contributed by atoms with Crippen molar-refractivity contribution in [1.82, 2.24) is 14.8 Å². The molecule has 2 N–H and O–H groups in total. The minimum Gasteiger partial charge on any atom is -0.363 e. The third kappa shape index (κ3) is 2.99. The summed E-state index contributed by atoms with van der Waals surface area (Å²) in [6, 6.07) is 29.9. The van der Waals surface area contributed by atoms with E-state index in [0.29, 0.717) is 3.83 Å². The molecule has 0 saturated heterocycles. The topological polar surface area (TPSA) is 73.8 Å². The first-order valence-electron chi connectivity index (χ1n) is 8.73. The molecule has 0 aliphatic heterocycles. The zero-order chi connectivity index (χ0) is 19.6. The van der Waals surface area contributed by atoms with Gasteiger partial charge in [-0.05, 0) is 16.7 Å². The number of amides is 1. The van der Waals surface area contributed by atoms with Crippen LogP contribution in [0.3, 0.4) is 0 Å². The molecule has 138 valence electrons. The van der Waals surface area contributed by atoms with Crippen LogP contribution in [-0.2, 0) is 5.54 Å². The summed E-state index contributed by atoms with van der Waals surface area (Å²) in [5.41, 5.74) is 7.66. The highest BCUT2D eigenvalue weighted by Crippen LogP contribution is 2.40. The molecule has 6 heteroatoms. The van der Waals surface area contributed by atoms with Crippen LogP contribution in [0.4, 0.5) is 0 Å². The van der Waals surface area contributed by atoms with Crippen LogP contribution in [0, 0.1) is 3.83 Å². The molecule has 0 atom stereocenters. The highest BCUT2D eigenvalue weighted by molar-refractivity contribution is 14.1. The number of carbonyl (C=O) groups excluding carboxylic acids is 1. The average Bonchev–Trinajstić information content (AvgIpc) is 3.13.